The van der Waals surface area contributed by atoms with Crippen molar-refractivity contribution in [2.75, 3.05) is 5.32 Å². The molecule has 198 valence electrons. The van der Waals surface area contributed by atoms with Crippen LogP contribution in [0.25, 0.3) is 0 Å². The quantitative estimate of drug-likeness (QED) is 0.293. The number of halogens is 1. The van der Waals surface area contributed by atoms with Gasteiger partial charge in [0.25, 0.3) is 5.91 Å². The standard InChI is InChI=1S/C30H26FN3O4S/c1-19-5-2-3-6-22(19)18-34-26(29(36)32-17-20-8-12-23(31)13-9-20)27(38-30(34)37)21-10-14-24(15-11-21)33-28(35)25-7-4-16-39-25/h2-16,26-27H,17-18H2,1H3,(H,32,36)(H,33,35). The van der Waals surface area contributed by atoms with E-state index in [0.29, 0.717) is 16.1 Å². The lowest BCUT2D eigenvalue weighted by Gasteiger charge is -2.25. The highest BCUT2D eigenvalue weighted by Crippen LogP contribution is 2.35. The van der Waals surface area contributed by atoms with E-state index in [0.717, 1.165) is 16.7 Å². The maximum Gasteiger partial charge on any atom is 0.411 e. The Morgan fingerprint density at radius 3 is 2.41 bits per heavy atom. The lowest BCUT2D eigenvalue weighted by atomic mass is 9.99. The van der Waals surface area contributed by atoms with E-state index in [1.807, 2.05) is 36.6 Å². The number of nitrogens with one attached hydrogen (secondary N) is 2. The summed E-state index contributed by atoms with van der Waals surface area (Å²) in [4.78, 5) is 41.0. The molecule has 7 nitrogen and oxygen atoms in total. The SMILES string of the molecule is Cc1ccccc1CN1C(=O)OC(c2ccc(NC(=O)c3cccs3)cc2)C1C(=O)NCc1ccc(F)cc1. The van der Waals surface area contributed by atoms with Crippen molar-refractivity contribution >= 4 is 34.9 Å². The lowest BCUT2D eigenvalue weighted by molar-refractivity contribution is -0.126. The van der Waals surface area contributed by atoms with Gasteiger partial charge in [0.05, 0.1) is 11.4 Å². The number of carbonyl (C=O) groups excluding carboxylic acids is 3. The molecule has 4 aromatic rings. The molecule has 2 N–H and O–H groups in total. The predicted octanol–water partition coefficient (Wildman–Crippen LogP) is 5.83. The maximum atomic E-state index is 13.5. The van der Waals surface area contributed by atoms with E-state index >= 15 is 0 Å². The number of hydrogen-bond donors (Lipinski definition) is 2. The molecule has 2 heterocycles. The Bertz CT molecular complexity index is 1470. The molecule has 3 amide bonds. The number of nitrogens with zero attached hydrogens (tertiary/aromatic N) is 1. The van der Waals surface area contributed by atoms with E-state index < -0.39 is 18.2 Å². The van der Waals surface area contributed by atoms with Crippen molar-refractivity contribution < 1.29 is 23.5 Å². The Balaban J connectivity index is 1.38. The fraction of sp³-hybridized carbons (Fsp3) is 0.167. The minimum atomic E-state index is -0.941. The second kappa shape index (κ2) is 11.5. The summed E-state index contributed by atoms with van der Waals surface area (Å²) in [6.45, 7) is 2.31. The molecule has 1 saturated heterocycles. The van der Waals surface area contributed by atoms with Crippen LogP contribution >= 0.6 is 11.3 Å². The van der Waals surface area contributed by atoms with Crippen LogP contribution in [-0.2, 0) is 22.6 Å². The summed E-state index contributed by atoms with van der Waals surface area (Å²) in [5.74, 6) is -0.967. The molecule has 1 aromatic heterocycles. The Kier molecular flexibility index (Phi) is 7.69. The van der Waals surface area contributed by atoms with Gasteiger partial charge in [0, 0.05) is 12.2 Å². The van der Waals surface area contributed by atoms with Crippen LogP contribution in [0.15, 0.2) is 90.3 Å². The van der Waals surface area contributed by atoms with E-state index in [4.69, 9.17) is 4.74 Å². The van der Waals surface area contributed by atoms with Crippen LogP contribution in [0.2, 0.25) is 0 Å². The van der Waals surface area contributed by atoms with Crippen molar-refractivity contribution in [3.8, 4) is 0 Å². The minimum Gasteiger partial charge on any atom is -0.438 e. The summed E-state index contributed by atoms with van der Waals surface area (Å²) >= 11 is 1.34. The summed E-state index contributed by atoms with van der Waals surface area (Å²) in [6.07, 6.45) is -1.46. The van der Waals surface area contributed by atoms with Gasteiger partial charge in [-0.15, -0.1) is 11.3 Å². The summed E-state index contributed by atoms with van der Waals surface area (Å²) in [5.41, 5.74) is 3.81. The molecule has 1 fully saturated rings. The van der Waals surface area contributed by atoms with Gasteiger partial charge in [-0.2, -0.15) is 0 Å². The Morgan fingerprint density at radius 1 is 0.974 bits per heavy atom. The average molecular weight is 544 g/mol. The molecule has 0 saturated carbocycles. The van der Waals surface area contributed by atoms with Crippen LogP contribution in [0, 0.1) is 12.7 Å². The second-order valence-corrected chi connectivity index (χ2v) is 10.1. The first-order valence-corrected chi connectivity index (χ1v) is 13.3. The predicted molar refractivity (Wildman–Crippen MR) is 147 cm³/mol. The van der Waals surface area contributed by atoms with Gasteiger partial charge in [-0.1, -0.05) is 54.6 Å². The first kappa shape index (κ1) is 26.1. The minimum absolute atomic E-state index is 0.169. The number of ether oxygens (including phenoxy) is 1. The van der Waals surface area contributed by atoms with E-state index in [1.165, 1.54) is 28.4 Å². The summed E-state index contributed by atoms with van der Waals surface area (Å²) in [7, 11) is 0. The van der Waals surface area contributed by atoms with Crippen molar-refractivity contribution in [3.05, 3.63) is 123 Å². The summed E-state index contributed by atoms with van der Waals surface area (Å²) in [5, 5.41) is 7.55. The average Bonchev–Trinajstić information content (AvgIpc) is 3.59. The number of benzene rings is 3. The van der Waals surface area contributed by atoms with Crippen molar-refractivity contribution in [1.82, 2.24) is 10.2 Å². The molecule has 0 radical (unpaired) electrons. The fourth-order valence-electron chi connectivity index (χ4n) is 4.43. The number of carbonyl (C=O) groups is 3. The van der Waals surface area contributed by atoms with E-state index in [2.05, 4.69) is 10.6 Å². The van der Waals surface area contributed by atoms with Gasteiger partial charge < -0.3 is 15.4 Å². The molecule has 0 bridgehead atoms. The van der Waals surface area contributed by atoms with Crippen LogP contribution in [0.1, 0.15) is 38.0 Å². The zero-order valence-electron chi connectivity index (χ0n) is 21.1. The van der Waals surface area contributed by atoms with Gasteiger partial charge in [-0.25, -0.2) is 9.18 Å². The molecule has 1 aliphatic heterocycles. The van der Waals surface area contributed by atoms with Gasteiger partial charge in [0.1, 0.15) is 5.82 Å². The second-order valence-electron chi connectivity index (χ2n) is 9.20. The Morgan fingerprint density at radius 2 is 1.72 bits per heavy atom. The number of hydrogen-bond acceptors (Lipinski definition) is 5. The first-order valence-electron chi connectivity index (χ1n) is 12.4. The van der Waals surface area contributed by atoms with Gasteiger partial charge in [0.2, 0.25) is 5.91 Å². The van der Waals surface area contributed by atoms with Crippen LogP contribution in [0.3, 0.4) is 0 Å². The monoisotopic (exact) mass is 543 g/mol. The molecule has 2 atom stereocenters. The number of cyclic esters (lactones) is 1. The molecule has 5 rings (SSSR count). The van der Waals surface area contributed by atoms with Crippen molar-refractivity contribution in [1.29, 1.82) is 0 Å². The largest absolute Gasteiger partial charge is 0.438 e. The van der Waals surface area contributed by atoms with E-state index in [9.17, 15) is 18.8 Å². The lowest BCUT2D eigenvalue weighted by Crippen LogP contribution is -2.46. The van der Waals surface area contributed by atoms with Gasteiger partial charge >= 0.3 is 6.09 Å². The van der Waals surface area contributed by atoms with Crippen LogP contribution in [-0.4, -0.2) is 28.8 Å². The van der Waals surface area contributed by atoms with Crippen molar-refractivity contribution in [2.45, 2.75) is 32.2 Å². The van der Waals surface area contributed by atoms with E-state index in [-0.39, 0.29) is 30.7 Å². The molecule has 0 aliphatic carbocycles. The zero-order chi connectivity index (χ0) is 27.4. The van der Waals surface area contributed by atoms with Crippen LogP contribution < -0.4 is 10.6 Å². The zero-order valence-corrected chi connectivity index (χ0v) is 21.9. The maximum absolute atomic E-state index is 13.5. The molecule has 0 spiro atoms. The summed E-state index contributed by atoms with van der Waals surface area (Å²) in [6, 6.07) is 23.0. The highest BCUT2D eigenvalue weighted by Gasteiger charge is 2.47. The fourth-order valence-corrected chi connectivity index (χ4v) is 5.05. The first-order chi connectivity index (χ1) is 18.9. The number of anilines is 1. The van der Waals surface area contributed by atoms with Gasteiger partial charge in [0.15, 0.2) is 12.1 Å². The van der Waals surface area contributed by atoms with Gasteiger partial charge in [-0.3, -0.25) is 14.5 Å². The molecular formula is C30H26FN3O4S. The molecule has 9 heteroatoms. The van der Waals surface area contributed by atoms with Crippen LogP contribution in [0.4, 0.5) is 14.9 Å². The Labute approximate surface area is 229 Å². The third-order valence-corrected chi connectivity index (χ3v) is 7.45. The molecular weight excluding hydrogens is 517 g/mol. The third kappa shape index (κ3) is 5.99. The van der Waals surface area contributed by atoms with Crippen molar-refractivity contribution in [2.24, 2.45) is 0 Å². The molecule has 1 aliphatic rings. The molecule has 3 aromatic carbocycles. The number of aryl methyl sites for hydroxylation is 1. The molecule has 39 heavy (non-hydrogen) atoms. The summed E-state index contributed by atoms with van der Waals surface area (Å²) < 4.78 is 19.0. The highest BCUT2D eigenvalue weighted by molar-refractivity contribution is 7.12. The number of thiophene rings is 1. The topological polar surface area (TPSA) is 87.7 Å². The van der Waals surface area contributed by atoms with E-state index in [1.54, 1.807) is 48.5 Å². The molecule has 2 unspecified atom stereocenters. The van der Waals surface area contributed by atoms with Crippen molar-refractivity contribution in [3.63, 3.8) is 0 Å². The number of amides is 3. The Hall–Kier alpha value is -4.50. The highest BCUT2D eigenvalue weighted by atomic mass is 32.1. The number of rotatable bonds is 8. The van der Waals surface area contributed by atoms with Crippen LogP contribution in [0.5, 0.6) is 0 Å². The van der Waals surface area contributed by atoms with Gasteiger partial charge in [-0.05, 0) is 64.9 Å². The normalized spacial score (nSPS) is 16.6. The third-order valence-electron chi connectivity index (χ3n) is 6.58. The smallest absolute Gasteiger partial charge is 0.411 e.